The zero-order valence-corrected chi connectivity index (χ0v) is 16.0. The number of carbonyl (C=O) groups excluding carboxylic acids is 1. The molecule has 0 radical (unpaired) electrons. The molecule has 0 aliphatic rings. The Kier molecular flexibility index (Phi) is 4.47. The second kappa shape index (κ2) is 6.50. The highest BCUT2D eigenvalue weighted by Gasteiger charge is 2.15. The molecule has 0 saturated carbocycles. The van der Waals surface area contributed by atoms with Crippen molar-refractivity contribution in [2.45, 2.75) is 26.2 Å². The van der Waals surface area contributed by atoms with Gasteiger partial charge in [-0.15, -0.1) is 0 Å². The Morgan fingerprint density at radius 1 is 1.04 bits per heavy atom. The van der Waals surface area contributed by atoms with Crippen LogP contribution >= 0.6 is 0 Å². The Bertz CT molecular complexity index is 1150. The van der Waals surface area contributed by atoms with Gasteiger partial charge in [-0.2, -0.15) is 0 Å². The van der Waals surface area contributed by atoms with Crippen molar-refractivity contribution in [3.8, 4) is 0 Å². The van der Waals surface area contributed by atoms with Crippen LogP contribution in [-0.4, -0.2) is 20.0 Å². The van der Waals surface area contributed by atoms with Gasteiger partial charge in [-0.25, -0.2) is 9.78 Å². The summed E-state index contributed by atoms with van der Waals surface area (Å²) in [6, 6.07) is 8.93. The maximum absolute atomic E-state index is 12.5. The van der Waals surface area contributed by atoms with E-state index in [4.69, 9.17) is 0 Å². The van der Waals surface area contributed by atoms with Crippen LogP contribution in [-0.2, 0) is 19.5 Å². The maximum Gasteiger partial charge on any atom is 0.332 e. The molecular formula is C20H22N4O3. The second-order valence-corrected chi connectivity index (χ2v) is 7.58. The van der Waals surface area contributed by atoms with Gasteiger partial charge in [0.2, 0.25) is 0 Å². The van der Waals surface area contributed by atoms with Gasteiger partial charge in [0.1, 0.15) is 5.65 Å². The van der Waals surface area contributed by atoms with Crippen LogP contribution < -0.4 is 16.6 Å². The van der Waals surface area contributed by atoms with Crippen molar-refractivity contribution in [1.82, 2.24) is 14.1 Å². The van der Waals surface area contributed by atoms with Gasteiger partial charge in [0.25, 0.3) is 11.5 Å². The Balaban J connectivity index is 1.94. The molecule has 1 aromatic carbocycles. The second-order valence-electron chi connectivity index (χ2n) is 7.58. The molecule has 2 heterocycles. The average Bonchev–Trinajstić information content (AvgIpc) is 2.64. The smallest absolute Gasteiger partial charge is 0.321 e. The van der Waals surface area contributed by atoms with Gasteiger partial charge in [-0.3, -0.25) is 18.7 Å². The Labute approximate surface area is 156 Å². The van der Waals surface area contributed by atoms with Crippen LogP contribution in [0, 0.1) is 0 Å². The third kappa shape index (κ3) is 3.40. The third-order valence-corrected chi connectivity index (χ3v) is 4.56. The lowest BCUT2D eigenvalue weighted by atomic mass is 9.87. The number of pyridine rings is 1. The highest BCUT2D eigenvalue weighted by molar-refractivity contribution is 6.04. The van der Waals surface area contributed by atoms with Crippen molar-refractivity contribution in [2.24, 2.45) is 14.1 Å². The Hall–Kier alpha value is -3.22. The lowest BCUT2D eigenvalue weighted by Crippen LogP contribution is -2.37. The van der Waals surface area contributed by atoms with Gasteiger partial charge < -0.3 is 5.32 Å². The van der Waals surface area contributed by atoms with Crippen LogP contribution in [0.1, 0.15) is 36.7 Å². The third-order valence-electron chi connectivity index (χ3n) is 4.56. The number of nitrogens with one attached hydrogen (secondary N) is 1. The molecule has 140 valence electrons. The first-order valence-corrected chi connectivity index (χ1v) is 8.57. The van der Waals surface area contributed by atoms with Crippen LogP contribution in [0.3, 0.4) is 0 Å². The Morgan fingerprint density at radius 2 is 1.67 bits per heavy atom. The maximum atomic E-state index is 12.5. The molecule has 0 saturated heterocycles. The molecule has 0 fully saturated rings. The molecule has 1 N–H and O–H groups in total. The number of anilines is 1. The number of aromatic nitrogens is 3. The first-order chi connectivity index (χ1) is 12.6. The van der Waals surface area contributed by atoms with Crippen LogP contribution in [0.15, 0.2) is 46.1 Å². The van der Waals surface area contributed by atoms with E-state index in [-0.39, 0.29) is 22.4 Å². The predicted molar refractivity (Wildman–Crippen MR) is 105 cm³/mol. The minimum Gasteiger partial charge on any atom is -0.321 e. The van der Waals surface area contributed by atoms with Gasteiger partial charge in [-0.1, -0.05) is 32.9 Å². The topological polar surface area (TPSA) is 86.0 Å². The van der Waals surface area contributed by atoms with E-state index in [0.29, 0.717) is 11.3 Å². The number of hydrogen-bond acceptors (Lipinski definition) is 4. The van der Waals surface area contributed by atoms with Crippen molar-refractivity contribution < 1.29 is 4.79 Å². The van der Waals surface area contributed by atoms with E-state index >= 15 is 0 Å². The number of rotatable bonds is 2. The fourth-order valence-electron chi connectivity index (χ4n) is 2.86. The minimum atomic E-state index is -0.453. The minimum absolute atomic E-state index is 0.00721. The average molecular weight is 366 g/mol. The molecule has 1 amide bonds. The lowest BCUT2D eigenvalue weighted by Gasteiger charge is -2.19. The van der Waals surface area contributed by atoms with E-state index in [1.807, 2.05) is 12.1 Å². The fraction of sp³-hybridized carbons (Fsp3) is 0.300. The summed E-state index contributed by atoms with van der Waals surface area (Å²) in [5, 5.41) is 3.02. The fourth-order valence-corrected chi connectivity index (χ4v) is 2.86. The van der Waals surface area contributed by atoms with Gasteiger partial charge in [0.15, 0.2) is 0 Å². The molecule has 7 nitrogen and oxygen atoms in total. The zero-order chi connectivity index (χ0) is 19.9. The van der Waals surface area contributed by atoms with Crippen molar-refractivity contribution in [3.05, 3.63) is 68.5 Å². The van der Waals surface area contributed by atoms with Crippen molar-refractivity contribution >= 4 is 22.6 Å². The molecule has 7 heteroatoms. The number of aryl methyl sites for hydroxylation is 1. The molecule has 0 bridgehead atoms. The van der Waals surface area contributed by atoms with Crippen LogP contribution in [0.5, 0.6) is 0 Å². The molecular weight excluding hydrogens is 344 g/mol. The quantitative estimate of drug-likeness (QED) is 0.753. The van der Waals surface area contributed by atoms with E-state index in [0.717, 1.165) is 10.1 Å². The molecule has 2 aromatic heterocycles. The summed E-state index contributed by atoms with van der Waals surface area (Å²) in [4.78, 5) is 41.0. The number of amides is 1. The highest BCUT2D eigenvalue weighted by Crippen LogP contribution is 2.22. The van der Waals surface area contributed by atoms with Crippen molar-refractivity contribution in [1.29, 1.82) is 0 Å². The van der Waals surface area contributed by atoms with Gasteiger partial charge in [0.05, 0.1) is 17.3 Å². The van der Waals surface area contributed by atoms with E-state index in [1.54, 1.807) is 19.2 Å². The number of nitrogens with zero attached hydrogens (tertiary/aromatic N) is 3. The van der Waals surface area contributed by atoms with Crippen LogP contribution in [0.25, 0.3) is 11.0 Å². The number of benzene rings is 1. The molecule has 3 aromatic rings. The molecule has 0 spiro atoms. The summed E-state index contributed by atoms with van der Waals surface area (Å²) >= 11 is 0. The number of fused-ring (bicyclic) bond motifs is 1. The summed E-state index contributed by atoms with van der Waals surface area (Å²) < 4.78 is 2.31. The van der Waals surface area contributed by atoms with Crippen molar-refractivity contribution in [3.63, 3.8) is 0 Å². The lowest BCUT2D eigenvalue weighted by molar-refractivity contribution is 0.102. The van der Waals surface area contributed by atoms with Crippen molar-refractivity contribution in [2.75, 3.05) is 5.32 Å². The number of carbonyl (C=O) groups is 1. The molecule has 3 rings (SSSR count). The molecule has 0 aliphatic heterocycles. The van der Waals surface area contributed by atoms with Gasteiger partial charge >= 0.3 is 5.69 Å². The standard InChI is InChI=1S/C20H22N4O3/c1-20(2,3)13-8-6-12(7-9-13)17(25)22-14-10-15-16(21-11-14)23(4)19(27)24(5)18(15)26/h6-11H,1-5H3,(H,22,25). The zero-order valence-electron chi connectivity index (χ0n) is 16.0. The van der Waals surface area contributed by atoms with E-state index in [2.05, 4.69) is 31.1 Å². The normalized spacial score (nSPS) is 11.6. The largest absolute Gasteiger partial charge is 0.332 e. The molecule has 0 aliphatic carbocycles. The van der Waals surface area contributed by atoms with Crippen LogP contribution in [0.2, 0.25) is 0 Å². The highest BCUT2D eigenvalue weighted by atomic mass is 16.2. The first kappa shape index (κ1) is 18.6. The summed E-state index contributed by atoms with van der Waals surface area (Å²) in [5.74, 6) is -0.293. The summed E-state index contributed by atoms with van der Waals surface area (Å²) in [6.07, 6.45) is 1.43. The van der Waals surface area contributed by atoms with E-state index in [9.17, 15) is 14.4 Å². The first-order valence-electron chi connectivity index (χ1n) is 8.57. The monoisotopic (exact) mass is 366 g/mol. The van der Waals surface area contributed by atoms with Gasteiger partial charge in [0, 0.05) is 19.7 Å². The summed E-state index contributed by atoms with van der Waals surface area (Å²) in [6.45, 7) is 6.32. The van der Waals surface area contributed by atoms with Crippen LogP contribution in [0.4, 0.5) is 5.69 Å². The Morgan fingerprint density at radius 3 is 2.26 bits per heavy atom. The SMILES string of the molecule is Cn1c(=O)c2cc(NC(=O)c3ccc(C(C)(C)C)cc3)cnc2n(C)c1=O. The molecule has 27 heavy (non-hydrogen) atoms. The summed E-state index contributed by atoms with van der Waals surface area (Å²) in [5.41, 5.74) is 1.42. The molecule has 0 unspecified atom stereocenters. The van der Waals surface area contributed by atoms with E-state index < -0.39 is 11.2 Å². The number of hydrogen-bond donors (Lipinski definition) is 1. The van der Waals surface area contributed by atoms with Gasteiger partial charge in [-0.05, 0) is 29.2 Å². The van der Waals surface area contributed by atoms with E-state index in [1.165, 1.54) is 23.9 Å². The summed E-state index contributed by atoms with van der Waals surface area (Å²) in [7, 11) is 2.96. The predicted octanol–water partition coefficient (Wildman–Crippen LogP) is 2.18. The molecule has 0 atom stereocenters.